The van der Waals surface area contributed by atoms with Gasteiger partial charge in [-0.3, -0.25) is 0 Å². The molecule has 0 aromatic heterocycles. The second-order valence-electron chi connectivity index (χ2n) is 8.24. The van der Waals surface area contributed by atoms with Crippen LogP contribution in [0.1, 0.15) is 44.9 Å². The summed E-state index contributed by atoms with van der Waals surface area (Å²) >= 11 is 0. The van der Waals surface area contributed by atoms with Gasteiger partial charge in [0, 0.05) is 13.1 Å². The Hall–Kier alpha value is -0.0800. The van der Waals surface area contributed by atoms with Crippen LogP contribution in [-0.2, 0) is 0 Å². The average Bonchev–Trinajstić information content (AvgIpc) is 2.40. The Kier molecular flexibility index (Phi) is 19.7. The first-order valence-corrected chi connectivity index (χ1v) is 9.25. The van der Waals surface area contributed by atoms with E-state index in [4.69, 9.17) is 0 Å². The summed E-state index contributed by atoms with van der Waals surface area (Å²) in [5.41, 5.74) is 5.64. The zero-order chi connectivity index (χ0) is 19.3. The van der Waals surface area contributed by atoms with Crippen LogP contribution in [0.15, 0.2) is 0 Å². The van der Waals surface area contributed by atoms with Crippen molar-refractivity contribution in [2.24, 2.45) is 0 Å². The van der Waals surface area contributed by atoms with Crippen LogP contribution < -0.4 is 69.4 Å². The van der Waals surface area contributed by atoms with Crippen molar-refractivity contribution in [2.45, 2.75) is 44.9 Å². The molecule has 0 saturated heterocycles. The molecule has 8 nitrogen and oxygen atoms in total. The molecule has 0 aromatic rings. The van der Waals surface area contributed by atoms with Gasteiger partial charge in [0.1, 0.15) is 0 Å². The Morgan fingerprint density at radius 1 is 0.556 bits per heavy atom. The maximum atomic E-state index is 11.5. The maximum absolute atomic E-state index is 11.5. The van der Waals surface area contributed by atoms with E-state index in [-0.39, 0.29) is 60.0 Å². The van der Waals surface area contributed by atoms with Gasteiger partial charge in [0.25, 0.3) is 0 Å². The van der Waals surface area contributed by atoms with Crippen molar-refractivity contribution in [3.8, 4) is 0 Å². The van der Waals surface area contributed by atoms with Gasteiger partial charge >= 0.3 is 12.1 Å². The molecule has 0 aliphatic rings. The van der Waals surface area contributed by atoms with Gasteiger partial charge in [-0.25, -0.2) is 18.8 Å². The highest BCUT2D eigenvalue weighted by molar-refractivity contribution is 5.72. The van der Waals surface area contributed by atoms with Crippen LogP contribution in [0.4, 0.5) is 9.59 Å². The second-order valence-corrected chi connectivity index (χ2v) is 8.24. The molecular formula is C17H40I2N6O2. The molecule has 0 radical (unpaired) electrons. The molecule has 0 atom stereocenters. The average molecular weight is 614 g/mol. The van der Waals surface area contributed by atoms with Crippen LogP contribution >= 0.6 is 0 Å². The maximum Gasteiger partial charge on any atom is 0.359 e. The lowest BCUT2D eigenvalue weighted by atomic mass is 10.1. The summed E-state index contributed by atoms with van der Waals surface area (Å²) in [5.74, 6) is 0. The zero-order valence-electron chi connectivity index (χ0n) is 17.8. The summed E-state index contributed by atoms with van der Waals surface area (Å²) in [4.78, 5) is 23.1. The summed E-state index contributed by atoms with van der Waals surface area (Å²) in [6.45, 7) is 1.44. The molecule has 4 amide bonds. The summed E-state index contributed by atoms with van der Waals surface area (Å²) in [7, 11) is 11.4. The number of halogens is 2. The fourth-order valence-corrected chi connectivity index (χ4v) is 2.23. The van der Waals surface area contributed by atoms with E-state index in [9.17, 15) is 9.59 Å². The van der Waals surface area contributed by atoms with Crippen molar-refractivity contribution in [3.05, 3.63) is 0 Å². The molecule has 0 unspecified atom stereocenters. The summed E-state index contributed by atoms with van der Waals surface area (Å²) in [6.07, 6.45) is 7.87. The standard InChI is InChI=1S/C17H38N6O2.2HI/c1-22(2,3)20-16(24)18-14-12-10-8-7-9-11-13-15-19-17(25)21-23(4,5)6;;/h7-15H2,1-6H3,(H2-2,18,19,20,21,24,25);2*1H. The molecule has 0 aliphatic heterocycles. The third-order valence-corrected chi connectivity index (χ3v) is 3.30. The Labute approximate surface area is 199 Å². The van der Waals surface area contributed by atoms with Crippen molar-refractivity contribution < 1.29 is 66.7 Å². The van der Waals surface area contributed by atoms with Gasteiger partial charge in [0.15, 0.2) is 0 Å². The van der Waals surface area contributed by atoms with E-state index in [0.717, 1.165) is 38.8 Å². The summed E-state index contributed by atoms with van der Waals surface area (Å²) in [5, 5.41) is 5.74. The summed E-state index contributed by atoms with van der Waals surface area (Å²) < 4.78 is 0.829. The lowest BCUT2D eigenvalue weighted by Gasteiger charge is -2.23. The van der Waals surface area contributed by atoms with Crippen LogP contribution in [0.2, 0.25) is 0 Å². The number of unbranched alkanes of at least 4 members (excludes halogenated alkanes) is 6. The molecule has 0 saturated carbocycles. The Bertz CT molecular complexity index is 362. The van der Waals surface area contributed by atoms with Gasteiger partial charge in [-0.15, -0.1) is 0 Å². The topological polar surface area (TPSA) is 82.3 Å². The predicted molar refractivity (Wildman–Crippen MR) is 101 cm³/mol. The molecule has 0 fully saturated rings. The van der Waals surface area contributed by atoms with Crippen LogP contribution in [-0.4, -0.2) is 76.6 Å². The van der Waals surface area contributed by atoms with Crippen LogP contribution in [0, 0.1) is 0 Å². The zero-order valence-corrected chi connectivity index (χ0v) is 22.1. The van der Waals surface area contributed by atoms with Crippen LogP contribution in [0.25, 0.3) is 0 Å². The largest absolute Gasteiger partial charge is 1.00 e. The summed E-state index contributed by atoms with van der Waals surface area (Å²) in [6, 6.07) is -0.233. The lowest BCUT2D eigenvalue weighted by molar-refractivity contribution is -0.905. The van der Waals surface area contributed by atoms with Gasteiger partial charge < -0.3 is 58.6 Å². The minimum absolute atomic E-state index is 0. The first-order chi connectivity index (χ1) is 11.5. The number of hydrogen-bond acceptors (Lipinski definition) is 2. The fourth-order valence-electron chi connectivity index (χ4n) is 2.23. The van der Waals surface area contributed by atoms with E-state index in [0.29, 0.717) is 9.18 Å². The third kappa shape index (κ3) is 25.9. The van der Waals surface area contributed by atoms with Gasteiger partial charge in [-0.1, -0.05) is 32.1 Å². The van der Waals surface area contributed by atoms with Gasteiger partial charge in [-0.2, -0.15) is 10.9 Å². The molecule has 0 aromatic carbocycles. The second kappa shape index (κ2) is 16.8. The van der Waals surface area contributed by atoms with Crippen molar-refractivity contribution >= 4 is 12.1 Å². The molecule has 164 valence electrons. The lowest BCUT2D eigenvalue weighted by Crippen LogP contribution is -3.00. The molecule has 0 bridgehead atoms. The Balaban J connectivity index is -0.00000288. The smallest absolute Gasteiger partial charge is 0.359 e. The van der Waals surface area contributed by atoms with Crippen LogP contribution in [0.3, 0.4) is 0 Å². The third-order valence-electron chi connectivity index (χ3n) is 3.30. The Morgan fingerprint density at radius 3 is 1.07 bits per heavy atom. The number of quaternary nitrogens is 2. The molecule has 27 heavy (non-hydrogen) atoms. The molecular weight excluding hydrogens is 574 g/mol. The first-order valence-electron chi connectivity index (χ1n) is 9.25. The van der Waals surface area contributed by atoms with Gasteiger partial charge in [0.2, 0.25) is 0 Å². The molecule has 4 N–H and O–H groups in total. The highest BCUT2D eigenvalue weighted by atomic mass is 127. The monoisotopic (exact) mass is 614 g/mol. The molecule has 0 rings (SSSR count). The molecule has 0 heterocycles. The number of rotatable bonds is 12. The van der Waals surface area contributed by atoms with Crippen LogP contribution in [0.5, 0.6) is 0 Å². The number of amides is 4. The van der Waals surface area contributed by atoms with E-state index in [1.807, 2.05) is 42.3 Å². The van der Waals surface area contributed by atoms with E-state index >= 15 is 0 Å². The fraction of sp³-hybridized carbons (Fsp3) is 0.882. The van der Waals surface area contributed by atoms with E-state index in [1.54, 1.807) is 0 Å². The SMILES string of the molecule is C[N+](C)(C)NC(=O)NCCCCCCCCCNC(=O)N[N+](C)(C)C.[I-].[I-]. The minimum atomic E-state index is -0.116. The number of carbonyl (C=O) groups excluding carboxylic acids is 2. The number of nitrogens with zero attached hydrogens (tertiary/aromatic N) is 2. The number of urea groups is 2. The van der Waals surface area contributed by atoms with E-state index in [2.05, 4.69) is 21.5 Å². The predicted octanol–water partition coefficient (Wildman–Crippen LogP) is -4.43. The Morgan fingerprint density at radius 2 is 0.815 bits per heavy atom. The van der Waals surface area contributed by atoms with Crippen molar-refractivity contribution in [2.75, 3.05) is 55.4 Å². The van der Waals surface area contributed by atoms with Crippen molar-refractivity contribution in [1.29, 1.82) is 0 Å². The highest BCUT2D eigenvalue weighted by Crippen LogP contribution is 2.06. The van der Waals surface area contributed by atoms with E-state index in [1.165, 1.54) is 19.3 Å². The normalized spacial score (nSPS) is 10.9. The number of carbonyl (C=O) groups is 2. The highest BCUT2D eigenvalue weighted by Gasteiger charge is 2.11. The minimum Gasteiger partial charge on any atom is -1.00 e. The number of nitrogens with one attached hydrogen (secondary N) is 4. The molecule has 10 heteroatoms. The van der Waals surface area contributed by atoms with Gasteiger partial charge in [-0.05, 0) is 12.8 Å². The quantitative estimate of drug-likeness (QED) is 0.0776. The van der Waals surface area contributed by atoms with Gasteiger partial charge in [0.05, 0.1) is 42.3 Å². The first kappa shape index (κ1) is 31.6. The van der Waals surface area contributed by atoms with Crippen molar-refractivity contribution in [3.63, 3.8) is 0 Å². The molecule has 0 aliphatic carbocycles. The van der Waals surface area contributed by atoms with E-state index < -0.39 is 0 Å². The van der Waals surface area contributed by atoms with Crippen molar-refractivity contribution in [1.82, 2.24) is 21.5 Å². The molecule has 0 spiro atoms. The number of hydrogen-bond donors (Lipinski definition) is 4.